The molecule has 0 fully saturated rings. The Morgan fingerprint density at radius 1 is 1.25 bits per heavy atom. The Bertz CT molecular complexity index is 271. The van der Waals surface area contributed by atoms with Crippen molar-refractivity contribution in [2.45, 2.75) is 32.2 Å². The third kappa shape index (κ3) is 4.33. The predicted molar refractivity (Wildman–Crippen MR) is 70.5 cm³/mol. The zero-order valence-electron chi connectivity index (χ0n) is 10.5. The number of rotatable bonds is 7. The van der Waals surface area contributed by atoms with Gasteiger partial charge in [0.25, 0.3) is 0 Å². The first-order valence-corrected chi connectivity index (χ1v) is 6.22. The van der Waals surface area contributed by atoms with Crippen molar-refractivity contribution in [1.82, 2.24) is 4.90 Å². The van der Waals surface area contributed by atoms with Gasteiger partial charge in [-0.2, -0.15) is 0 Å². The van der Waals surface area contributed by atoms with Crippen LogP contribution in [0.2, 0.25) is 0 Å². The topological polar surface area (TPSA) is 29.3 Å². The summed E-state index contributed by atoms with van der Waals surface area (Å²) in [6, 6.07) is 11.3. The highest BCUT2D eigenvalue weighted by atomic mass is 15.1. The number of nitrogens with two attached hydrogens (primary N) is 1. The molecule has 2 heteroatoms. The SMILES string of the molecule is CCCC(Cc1ccccc1)N(C)CCN. The zero-order chi connectivity index (χ0) is 11.8. The molecule has 0 saturated carbocycles. The average molecular weight is 220 g/mol. The highest BCUT2D eigenvalue weighted by Gasteiger charge is 2.13. The molecule has 90 valence electrons. The van der Waals surface area contributed by atoms with Crippen molar-refractivity contribution in [1.29, 1.82) is 0 Å². The molecule has 0 spiro atoms. The van der Waals surface area contributed by atoms with Gasteiger partial charge in [-0.3, -0.25) is 0 Å². The van der Waals surface area contributed by atoms with E-state index in [-0.39, 0.29) is 0 Å². The zero-order valence-corrected chi connectivity index (χ0v) is 10.5. The summed E-state index contributed by atoms with van der Waals surface area (Å²) in [6.45, 7) is 3.97. The molecule has 2 nitrogen and oxygen atoms in total. The molecule has 0 saturated heterocycles. The van der Waals surface area contributed by atoms with Crippen LogP contribution in [0.25, 0.3) is 0 Å². The Labute approximate surface area is 99.5 Å². The van der Waals surface area contributed by atoms with Crippen LogP contribution in [0.3, 0.4) is 0 Å². The Balaban J connectivity index is 2.57. The molecule has 1 rings (SSSR count). The van der Waals surface area contributed by atoms with Crippen molar-refractivity contribution >= 4 is 0 Å². The molecule has 0 radical (unpaired) electrons. The Morgan fingerprint density at radius 2 is 1.94 bits per heavy atom. The van der Waals surface area contributed by atoms with Crippen LogP contribution in [0, 0.1) is 0 Å². The molecule has 0 amide bonds. The van der Waals surface area contributed by atoms with Crippen LogP contribution >= 0.6 is 0 Å². The maximum Gasteiger partial charge on any atom is 0.0133 e. The van der Waals surface area contributed by atoms with Crippen molar-refractivity contribution < 1.29 is 0 Å². The summed E-state index contributed by atoms with van der Waals surface area (Å²) >= 11 is 0. The lowest BCUT2D eigenvalue weighted by Gasteiger charge is -2.27. The van der Waals surface area contributed by atoms with Gasteiger partial charge >= 0.3 is 0 Å². The molecule has 1 aromatic rings. The van der Waals surface area contributed by atoms with Gasteiger partial charge in [-0.1, -0.05) is 43.7 Å². The first-order chi connectivity index (χ1) is 7.77. The van der Waals surface area contributed by atoms with Crippen LogP contribution in [0.4, 0.5) is 0 Å². The lowest BCUT2D eigenvalue weighted by Crippen LogP contribution is -2.37. The number of hydrogen-bond acceptors (Lipinski definition) is 2. The van der Waals surface area contributed by atoms with Gasteiger partial charge in [0, 0.05) is 19.1 Å². The van der Waals surface area contributed by atoms with E-state index in [9.17, 15) is 0 Å². The minimum Gasteiger partial charge on any atom is -0.329 e. The molecule has 1 aromatic carbocycles. The van der Waals surface area contributed by atoms with Crippen LogP contribution in [-0.2, 0) is 6.42 Å². The fourth-order valence-electron chi connectivity index (χ4n) is 2.08. The van der Waals surface area contributed by atoms with Crippen LogP contribution in [0.15, 0.2) is 30.3 Å². The van der Waals surface area contributed by atoms with E-state index in [4.69, 9.17) is 5.73 Å². The summed E-state index contributed by atoms with van der Waals surface area (Å²) in [5, 5.41) is 0. The lowest BCUT2D eigenvalue weighted by molar-refractivity contribution is 0.233. The van der Waals surface area contributed by atoms with Gasteiger partial charge in [0.2, 0.25) is 0 Å². The standard InChI is InChI=1S/C14H24N2/c1-3-7-14(16(2)11-10-15)12-13-8-5-4-6-9-13/h4-6,8-9,14H,3,7,10-12,15H2,1-2H3. The summed E-state index contributed by atoms with van der Waals surface area (Å²) in [6.07, 6.45) is 3.60. The van der Waals surface area contributed by atoms with Crippen LogP contribution in [-0.4, -0.2) is 31.1 Å². The molecule has 0 aliphatic rings. The number of likely N-dealkylation sites (N-methyl/N-ethyl adjacent to an activating group) is 1. The van der Waals surface area contributed by atoms with Crippen LogP contribution in [0.5, 0.6) is 0 Å². The molecule has 0 heterocycles. The summed E-state index contributed by atoms with van der Waals surface area (Å²) in [4.78, 5) is 2.39. The lowest BCUT2D eigenvalue weighted by atomic mass is 10.0. The van der Waals surface area contributed by atoms with Crippen LogP contribution < -0.4 is 5.73 Å². The second-order valence-corrected chi connectivity index (χ2v) is 4.40. The number of benzene rings is 1. The van der Waals surface area contributed by atoms with E-state index in [1.165, 1.54) is 18.4 Å². The monoisotopic (exact) mass is 220 g/mol. The molecule has 0 aromatic heterocycles. The van der Waals surface area contributed by atoms with Crippen molar-refractivity contribution in [3.8, 4) is 0 Å². The molecule has 2 N–H and O–H groups in total. The second-order valence-electron chi connectivity index (χ2n) is 4.40. The van der Waals surface area contributed by atoms with Gasteiger partial charge in [-0.25, -0.2) is 0 Å². The Hall–Kier alpha value is -0.860. The first-order valence-electron chi connectivity index (χ1n) is 6.22. The van der Waals surface area contributed by atoms with E-state index in [1.54, 1.807) is 0 Å². The van der Waals surface area contributed by atoms with Crippen molar-refractivity contribution in [2.24, 2.45) is 5.73 Å². The van der Waals surface area contributed by atoms with Crippen LogP contribution in [0.1, 0.15) is 25.3 Å². The summed E-state index contributed by atoms with van der Waals surface area (Å²) < 4.78 is 0. The van der Waals surface area contributed by atoms with Crippen molar-refractivity contribution in [3.05, 3.63) is 35.9 Å². The minimum absolute atomic E-state index is 0.621. The quantitative estimate of drug-likeness (QED) is 0.764. The van der Waals surface area contributed by atoms with Gasteiger partial charge in [-0.15, -0.1) is 0 Å². The number of nitrogens with zero attached hydrogens (tertiary/aromatic N) is 1. The van der Waals surface area contributed by atoms with Gasteiger partial charge in [0.05, 0.1) is 0 Å². The molecule has 1 unspecified atom stereocenters. The third-order valence-corrected chi connectivity index (χ3v) is 3.04. The average Bonchev–Trinajstić information content (AvgIpc) is 2.30. The van der Waals surface area contributed by atoms with E-state index < -0.39 is 0 Å². The Morgan fingerprint density at radius 3 is 2.50 bits per heavy atom. The van der Waals surface area contributed by atoms with Gasteiger partial charge in [-0.05, 0) is 25.5 Å². The molecule has 1 atom stereocenters. The third-order valence-electron chi connectivity index (χ3n) is 3.04. The molecular weight excluding hydrogens is 196 g/mol. The van der Waals surface area contributed by atoms with E-state index in [0.717, 1.165) is 19.5 Å². The van der Waals surface area contributed by atoms with Gasteiger partial charge in [0.15, 0.2) is 0 Å². The molecule has 16 heavy (non-hydrogen) atoms. The maximum atomic E-state index is 5.62. The molecule has 0 aliphatic carbocycles. The molecule has 0 aliphatic heterocycles. The largest absolute Gasteiger partial charge is 0.329 e. The van der Waals surface area contributed by atoms with E-state index >= 15 is 0 Å². The normalized spacial score (nSPS) is 13.0. The fourth-order valence-corrected chi connectivity index (χ4v) is 2.08. The smallest absolute Gasteiger partial charge is 0.0133 e. The first kappa shape index (κ1) is 13.2. The van der Waals surface area contributed by atoms with E-state index in [1.807, 2.05) is 0 Å². The fraction of sp³-hybridized carbons (Fsp3) is 0.571. The molecular formula is C14H24N2. The maximum absolute atomic E-state index is 5.62. The Kier molecular flexibility index (Phi) is 6.12. The summed E-state index contributed by atoms with van der Waals surface area (Å²) in [5.74, 6) is 0. The highest BCUT2D eigenvalue weighted by Crippen LogP contribution is 2.12. The van der Waals surface area contributed by atoms with E-state index in [0.29, 0.717) is 6.04 Å². The highest BCUT2D eigenvalue weighted by molar-refractivity contribution is 5.15. The summed E-state index contributed by atoms with van der Waals surface area (Å²) in [7, 11) is 2.18. The van der Waals surface area contributed by atoms with Crippen molar-refractivity contribution in [3.63, 3.8) is 0 Å². The summed E-state index contributed by atoms with van der Waals surface area (Å²) in [5.41, 5.74) is 7.04. The van der Waals surface area contributed by atoms with Gasteiger partial charge < -0.3 is 10.6 Å². The van der Waals surface area contributed by atoms with E-state index in [2.05, 4.69) is 49.2 Å². The minimum atomic E-state index is 0.621. The second kappa shape index (κ2) is 7.42. The molecule has 0 bridgehead atoms. The van der Waals surface area contributed by atoms with Crippen molar-refractivity contribution in [2.75, 3.05) is 20.1 Å². The van der Waals surface area contributed by atoms with Gasteiger partial charge in [0.1, 0.15) is 0 Å². The predicted octanol–water partition coefficient (Wildman–Crippen LogP) is 2.29. The number of hydrogen-bond donors (Lipinski definition) is 1.